The van der Waals surface area contributed by atoms with E-state index in [1.54, 1.807) is 31.2 Å². The molecule has 0 bridgehead atoms. The van der Waals surface area contributed by atoms with Crippen LogP contribution in [0, 0.1) is 6.92 Å². The molecule has 0 saturated carbocycles. The summed E-state index contributed by atoms with van der Waals surface area (Å²) in [5.74, 6) is -1.30. The fraction of sp³-hybridized carbons (Fsp3) is 0.133. The number of nitrogens with zero attached hydrogens (tertiary/aromatic N) is 1. The summed E-state index contributed by atoms with van der Waals surface area (Å²) in [6.45, 7) is 1.70. The molecule has 6 heteroatoms. The van der Waals surface area contributed by atoms with Crippen LogP contribution in [0.2, 0.25) is 0 Å². The summed E-state index contributed by atoms with van der Waals surface area (Å²) >= 11 is 0. The standard InChI is InChI=1S/C15H15N3O3/c1-9-2-4-12(6-13(9)15(20)21)18-14(19)7-11-5-3-10(16)8-17-11/h2-6,8H,7,16H2,1H3,(H,18,19)(H,20,21). The number of carbonyl (C=O) groups excluding carboxylic acids is 1. The number of aromatic nitrogens is 1. The second-order valence-corrected chi connectivity index (χ2v) is 4.64. The first-order valence-corrected chi connectivity index (χ1v) is 6.30. The van der Waals surface area contributed by atoms with Crippen LogP contribution in [0.25, 0.3) is 0 Å². The molecule has 6 nitrogen and oxygen atoms in total. The number of rotatable bonds is 4. The van der Waals surface area contributed by atoms with Gasteiger partial charge in [-0.1, -0.05) is 6.07 Å². The van der Waals surface area contributed by atoms with Crippen molar-refractivity contribution < 1.29 is 14.7 Å². The second-order valence-electron chi connectivity index (χ2n) is 4.64. The Morgan fingerprint density at radius 2 is 2.05 bits per heavy atom. The molecule has 2 aromatic rings. The average molecular weight is 285 g/mol. The quantitative estimate of drug-likeness (QED) is 0.795. The molecule has 0 aliphatic rings. The maximum Gasteiger partial charge on any atom is 0.336 e. The molecule has 0 saturated heterocycles. The molecule has 0 atom stereocenters. The van der Waals surface area contributed by atoms with Crippen molar-refractivity contribution >= 4 is 23.3 Å². The van der Waals surface area contributed by atoms with Crippen LogP contribution >= 0.6 is 0 Å². The minimum absolute atomic E-state index is 0.0938. The third-order valence-corrected chi connectivity index (χ3v) is 2.94. The van der Waals surface area contributed by atoms with Gasteiger partial charge in [0.25, 0.3) is 0 Å². The third kappa shape index (κ3) is 3.79. The minimum Gasteiger partial charge on any atom is -0.478 e. The Labute approximate surface area is 121 Å². The Morgan fingerprint density at radius 3 is 2.67 bits per heavy atom. The van der Waals surface area contributed by atoms with Gasteiger partial charge in [-0.2, -0.15) is 0 Å². The lowest BCUT2D eigenvalue weighted by atomic mass is 10.1. The molecular weight excluding hydrogens is 270 g/mol. The zero-order valence-electron chi connectivity index (χ0n) is 11.5. The number of amides is 1. The number of aryl methyl sites for hydroxylation is 1. The van der Waals surface area contributed by atoms with E-state index in [-0.39, 0.29) is 17.9 Å². The van der Waals surface area contributed by atoms with Crippen molar-refractivity contribution in [3.63, 3.8) is 0 Å². The summed E-state index contributed by atoms with van der Waals surface area (Å²) in [5, 5.41) is 11.7. The van der Waals surface area contributed by atoms with Gasteiger partial charge in [-0.15, -0.1) is 0 Å². The zero-order chi connectivity index (χ0) is 15.4. The van der Waals surface area contributed by atoms with Crippen LogP contribution in [0.1, 0.15) is 21.6 Å². The van der Waals surface area contributed by atoms with Gasteiger partial charge in [-0.05, 0) is 36.8 Å². The molecule has 1 amide bonds. The molecule has 4 N–H and O–H groups in total. The van der Waals surface area contributed by atoms with E-state index in [0.717, 1.165) is 0 Å². The largest absolute Gasteiger partial charge is 0.478 e. The number of aromatic carboxylic acids is 1. The zero-order valence-corrected chi connectivity index (χ0v) is 11.5. The summed E-state index contributed by atoms with van der Waals surface area (Å²) < 4.78 is 0. The van der Waals surface area contributed by atoms with Crippen LogP contribution in [0.4, 0.5) is 11.4 Å². The highest BCUT2D eigenvalue weighted by Gasteiger charge is 2.10. The average Bonchev–Trinajstić information content (AvgIpc) is 2.43. The van der Waals surface area contributed by atoms with Gasteiger partial charge >= 0.3 is 5.97 Å². The Hall–Kier alpha value is -2.89. The molecule has 1 aromatic heterocycles. The molecule has 21 heavy (non-hydrogen) atoms. The van der Waals surface area contributed by atoms with E-state index in [9.17, 15) is 9.59 Å². The lowest BCUT2D eigenvalue weighted by Crippen LogP contribution is -2.15. The number of nitrogens with one attached hydrogen (secondary N) is 1. The number of anilines is 2. The molecule has 0 spiro atoms. The van der Waals surface area contributed by atoms with Crippen molar-refractivity contribution in [2.24, 2.45) is 0 Å². The van der Waals surface area contributed by atoms with Gasteiger partial charge in [0.05, 0.1) is 23.9 Å². The predicted molar refractivity (Wildman–Crippen MR) is 79.1 cm³/mol. The van der Waals surface area contributed by atoms with Gasteiger partial charge < -0.3 is 16.2 Å². The Bertz CT molecular complexity index is 681. The van der Waals surface area contributed by atoms with Crippen LogP contribution in [0.15, 0.2) is 36.5 Å². The van der Waals surface area contributed by atoms with Crippen LogP contribution in [-0.4, -0.2) is 22.0 Å². The molecule has 1 aromatic carbocycles. The number of carbonyl (C=O) groups is 2. The molecule has 2 rings (SSSR count). The number of hydrogen-bond acceptors (Lipinski definition) is 4. The molecule has 0 radical (unpaired) electrons. The van der Waals surface area contributed by atoms with Crippen molar-refractivity contribution in [2.75, 3.05) is 11.1 Å². The van der Waals surface area contributed by atoms with E-state index in [2.05, 4.69) is 10.3 Å². The van der Waals surface area contributed by atoms with Crippen LogP contribution in [0.3, 0.4) is 0 Å². The Balaban J connectivity index is 2.07. The highest BCUT2D eigenvalue weighted by Crippen LogP contribution is 2.15. The van der Waals surface area contributed by atoms with Gasteiger partial charge in [0.15, 0.2) is 0 Å². The summed E-state index contributed by atoms with van der Waals surface area (Å²) in [4.78, 5) is 27.0. The smallest absolute Gasteiger partial charge is 0.336 e. The number of hydrogen-bond donors (Lipinski definition) is 3. The monoisotopic (exact) mass is 285 g/mol. The predicted octanol–water partition coefficient (Wildman–Crippen LogP) is 1.85. The highest BCUT2D eigenvalue weighted by molar-refractivity contribution is 5.95. The molecule has 0 unspecified atom stereocenters. The fourth-order valence-electron chi connectivity index (χ4n) is 1.84. The van der Waals surface area contributed by atoms with Crippen molar-refractivity contribution in [3.8, 4) is 0 Å². The molecule has 0 aliphatic carbocycles. The normalized spacial score (nSPS) is 10.1. The van der Waals surface area contributed by atoms with Crippen molar-refractivity contribution in [1.82, 2.24) is 4.98 Å². The van der Waals surface area contributed by atoms with E-state index < -0.39 is 5.97 Å². The lowest BCUT2D eigenvalue weighted by molar-refractivity contribution is -0.115. The summed E-state index contributed by atoms with van der Waals surface area (Å²) in [6, 6.07) is 8.10. The fourth-order valence-corrected chi connectivity index (χ4v) is 1.84. The van der Waals surface area contributed by atoms with Crippen LogP contribution in [-0.2, 0) is 11.2 Å². The second kappa shape index (κ2) is 6.04. The van der Waals surface area contributed by atoms with Crippen molar-refractivity contribution in [2.45, 2.75) is 13.3 Å². The number of carboxylic acid groups (broad SMARTS) is 1. The molecular formula is C15H15N3O3. The van der Waals surface area contributed by atoms with E-state index in [1.165, 1.54) is 12.3 Å². The maximum atomic E-state index is 11.9. The molecule has 0 aliphatic heterocycles. The first kappa shape index (κ1) is 14.5. The number of pyridine rings is 1. The molecule has 0 fully saturated rings. The summed E-state index contributed by atoms with van der Waals surface area (Å²) in [5.41, 5.74) is 7.89. The van der Waals surface area contributed by atoms with Crippen molar-refractivity contribution in [1.29, 1.82) is 0 Å². The van der Waals surface area contributed by atoms with Gasteiger partial charge in [0.2, 0.25) is 5.91 Å². The summed E-state index contributed by atoms with van der Waals surface area (Å²) in [7, 11) is 0. The summed E-state index contributed by atoms with van der Waals surface area (Å²) in [6.07, 6.45) is 1.58. The topological polar surface area (TPSA) is 105 Å². The van der Waals surface area contributed by atoms with E-state index in [4.69, 9.17) is 10.8 Å². The number of nitrogen functional groups attached to an aromatic ring is 1. The Morgan fingerprint density at radius 1 is 1.29 bits per heavy atom. The van der Waals surface area contributed by atoms with E-state index in [1.807, 2.05) is 0 Å². The number of benzene rings is 1. The van der Waals surface area contributed by atoms with Crippen LogP contribution in [0.5, 0.6) is 0 Å². The van der Waals surface area contributed by atoms with Gasteiger partial charge in [0, 0.05) is 11.4 Å². The van der Waals surface area contributed by atoms with Crippen molar-refractivity contribution in [3.05, 3.63) is 53.3 Å². The number of carboxylic acids is 1. The number of nitrogens with two attached hydrogens (primary N) is 1. The first-order valence-electron chi connectivity index (χ1n) is 6.30. The van der Waals surface area contributed by atoms with Crippen LogP contribution < -0.4 is 11.1 Å². The molecule has 108 valence electrons. The lowest BCUT2D eigenvalue weighted by Gasteiger charge is -2.08. The highest BCUT2D eigenvalue weighted by atomic mass is 16.4. The maximum absolute atomic E-state index is 11.9. The van der Waals surface area contributed by atoms with E-state index in [0.29, 0.717) is 22.6 Å². The van der Waals surface area contributed by atoms with Gasteiger partial charge in [-0.3, -0.25) is 9.78 Å². The van der Waals surface area contributed by atoms with Gasteiger partial charge in [-0.25, -0.2) is 4.79 Å². The molecule has 1 heterocycles. The third-order valence-electron chi connectivity index (χ3n) is 2.94. The van der Waals surface area contributed by atoms with E-state index >= 15 is 0 Å². The Kier molecular flexibility index (Phi) is 4.18. The minimum atomic E-state index is -1.02. The SMILES string of the molecule is Cc1ccc(NC(=O)Cc2ccc(N)cn2)cc1C(=O)O. The first-order chi connectivity index (χ1) is 9.95. The van der Waals surface area contributed by atoms with Gasteiger partial charge in [0.1, 0.15) is 0 Å².